The van der Waals surface area contributed by atoms with Crippen LogP contribution >= 0.6 is 58.3 Å². The molecule has 0 spiro atoms. The third kappa shape index (κ3) is 7.21. The van der Waals surface area contributed by atoms with Gasteiger partial charge >= 0.3 is 5.97 Å². The summed E-state index contributed by atoms with van der Waals surface area (Å²) in [7, 11) is 0. The highest BCUT2D eigenvalue weighted by atomic mass is 35.5. The summed E-state index contributed by atoms with van der Waals surface area (Å²) in [5.74, 6) is -0.208. The van der Waals surface area contributed by atoms with Crippen molar-refractivity contribution in [3.63, 3.8) is 0 Å². The van der Waals surface area contributed by atoms with Crippen LogP contribution in [0.25, 0.3) is 16.3 Å². The predicted molar refractivity (Wildman–Crippen MR) is 152 cm³/mol. The second kappa shape index (κ2) is 13.3. The van der Waals surface area contributed by atoms with E-state index >= 15 is 0 Å². The van der Waals surface area contributed by atoms with Crippen LogP contribution in [-0.4, -0.2) is 28.6 Å². The minimum absolute atomic E-state index is 0.0230. The molecular weight excluding hydrogens is 575 g/mol. The molecule has 12 heteroatoms. The summed E-state index contributed by atoms with van der Waals surface area (Å²) in [5.41, 5.74) is 3.09. The van der Waals surface area contributed by atoms with Gasteiger partial charge in [-0.2, -0.15) is 4.57 Å². The summed E-state index contributed by atoms with van der Waals surface area (Å²) >= 11 is 16.9. The zero-order valence-corrected chi connectivity index (χ0v) is 23.8. The molecule has 0 saturated heterocycles. The first-order chi connectivity index (χ1) is 17.9. The number of fused-ring (bicyclic) bond motifs is 2. The van der Waals surface area contributed by atoms with Crippen molar-refractivity contribution in [3.8, 4) is 0 Å². The molecule has 0 radical (unpaired) electrons. The van der Waals surface area contributed by atoms with Gasteiger partial charge in [-0.1, -0.05) is 58.3 Å². The Morgan fingerprint density at radius 3 is 2.76 bits per heavy atom. The lowest BCUT2D eigenvalue weighted by molar-refractivity contribution is -0.668. The predicted octanol–water partition coefficient (Wildman–Crippen LogP) is 7.68. The van der Waals surface area contributed by atoms with E-state index in [2.05, 4.69) is 33.0 Å². The highest BCUT2D eigenvalue weighted by Gasteiger charge is 2.26. The normalized spacial score (nSPS) is 14.6. The van der Waals surface area contributed by atoms with Gasteiger partial charge in [0.15, 0.2) is 6.54 Å². The number of nitrogens with zero attached hydrogens (tertiary/aromatic N) is 2. The summed E-state index contributed by atoms with van der Waals surface area (Å²) in [5, 5.41) is 24.6. The number of anilines is 1. The molecule has 2 heterocycles. The maximum atomic E-state index is 11.3. The smallest absolute Gasteiger partial charge is 0.305 e. The van der Waals surface area contributed by atoms with Crippen LogP contribution in [0.4, 0.5) is 5.69 Å². The molecule has 0 fully saturated rings. The van der Waals surface area contributed by atoms with E-state index in [-0.39, 0.29) is 6.42 Å². The van der Waals surface area contributed by atoms with E-state index < -0.39 is 5.97 Å². The van der Waals surface area contributed by atoms with Gasteiger partial charge in [-0.05, 0) is 48.4 Å². The van der Waals surface area contributed by atoms with E-state index in [0.717, 1.165) is 67.8 Å². The molecule has 0 bridgehead atoms. The number of halogens is 2. The van der Waals surface area contributed by atoms with Gasteiger partial charge in [0.05, 0.1) is 17.1 Å². The molecule has 2 aromatic carbocycles. The second-order valence-electron chi connectivity index (χ2n) is 8.09. The third-order valence-electron chi connectivity index (χ3n) is 5.65. The van der Waals surface area contributed by atoms with Crippen molar-refractivity contribution in [3.05, 3.63) is 68.1 Å². The van der Waals surface area contributed by atoms with Gasteiger partial charge in [-0.15, -0.1) is 4.33 Å². The third-order valence-corrected chi connectivity index (χ3v) is 8.96. The molecule has 3 aromatic rings. The highest BCUT2D eigenvalue weighted by molar-refractivity contribution is 8.03. The Balaban J connectivity index is 1.68. The number of carbonyl (C=O) groups is 1. The number of thioether (sulfide) groups is 1. The van der Waals surface area contributed by atoms with Gasteiger partial charge < -0.3 is 10.0 Å². The number of rotatable bonds is 12. The molecule has 4 rings (SSSR count). The van der Waals surface area contributed by atoms with Crippen LogP contribution in [0.3, 0.4) is 0 Å². The monoisotopic (exact) mass is 599 g/mol. The average molecular weight is 601 g/mol. The number of thiazole rings is 1. The van der Waals surface area contributed by atoms with Gasteiger partial charge in [0, 0.05) is 57.8 Å². The molecular formula is C25H25Cl2N2O5S3+. The topological polar surface area (TPSA) is 83.1 Å². The number of aromatic nitrogens is 1. The summed E-state index contributed by atoms with van der Waals surface area (Å²) in [6.07, 6.45) is 5.91. The zero-order valence-electron chi connectivity index (χ0n) is 19.9. The number of hydrogen-bond acceptors (Lipinski definition) is 8. The van der Waals surface area contributed by atoms with Crippen LogP contribution < -0.4 is 9.47 Å². The van der Waals surface area contributed by atoms with Crippen molar-refractivity contribution in [1.82, 2.24) is 0 Å². The number of hydrogen-bond donors (Lipinski definition) is 2. The Morgan fingerprint density at radius 2 is 2.00 bits per heavy atom. The fraction of sp³-hybridized carbons (Fsp3) is 0.280. The standard InChI is InChI=1S/C25H24Cl2N2O5S3/c1-2-16(13-24-29(10-8-25(30)31)20-15-18(27)5-7-22(20)37-24)12-23-28(9-3-11-35-34-33-32)19-14-17(26)4-6-21(19)36-23/h4-7,12-15H,2-3,8-11H2,1H3,(H-,30,31,32)/p+1. The Bertz CT molecular complexity index is 1350. The molecule has 37 heavy (non-hydrogen) atoms. The minimum Gasteiger partial charge on any atom is -0.481 e. The molecule has 196 valence electrons. The molecule has 0 unspecified atom stereocenters. The van der Waals surface area contributed by atoms with Crippen LogP contribution in [-0.2, 0) is 20.7 Å². The van der Waals surface area contributed by atoms with E-state index in [1.807, 2.05) is 41.3 Å². The first-order valence-corrected chi connectivity index (χ1v) is 14.8. The number of aryl methyl sites for hydroxylation is 1. The summed E-state index contributed by atoms with van der Waals surface area (Å²) in [4.78, 5) is 14.4. The number of allylic oxidation sites excluding steroid dienone is 2. The van der Waals surface area contributed by atoms with E-state index in [0.29, 0.717) is 22.3 Å². The number of benzene rings is 2. The number of carboxylic acids is 1. The lowest BCUT2D eigenvalue weighted by Crippen LogP contribution is -2.35. The number of carboxylic acid groups (broad SMARTS) is 1. The molecule has 0 aliphatic carbocycles. The lowest BCUT2D eigenvalue weighted by atomic mass is 10.2. The second-order valence-corrected chi connectivity index (χ2v) is 11.9. The van der Waals surface area contributed by atoms with Gasteiger partial charge in [0.1, 0.15) is 4.70 Å². The maximum Gasteiger partial charge on any atom is 0.305 e. The molecule has 1 aromatic heterocycles. The van der Waals surface area contributed by atoms with Crippen LogP contribution in [0.2, 0.25) is 10.0 Å². The van der Waals surface area contributed by atoms with Gasteiger partial charge in [0.25, 0.3) is 5.01 Å². The largest absolute Gasteiger partial charge is 0.481 e. The Kier molecular flexibility index (Phi) is 10.2. The maximum absolute atomic E-state index is 11.3. The van der Waals surface area contributed by atoms with Crippen molar-refractivity contribution in [2.24, 2.45) is 0 Å². The van der Waals surface area contributed by atoms with Gasteiger partial charge in [-0.25, -0.2) is 5.26 Å². The lowest BCUT2D eigenvalue weighted by Gasteiger charge is -2.20. The molecule has 2 N–H and O–H groups in total. The Morgan fingerprint density at radius 1 is 1.22 bits per heavy atom. The molecule has 0 amide bonds. The van der Waals surface area contributed by atoms with Crippen molar-refractivity contribution in [2.75, 3.05) is 17.2 Å². The fourth-order valence-electron chi connectivity index (χ4n) is 3.93. The zero-order chi connectivity index (χ0) is 26.4. The van der Waals surface area contributed by atoms with Gasteiger partial charge in [-0.3, -0.25) is 4.79 Å². The molecule has 1 aliphatic heterocycles. The highest BCUT2D eigenvalue weighted by Crippen LogP contribution is 2.47. The summed E-state index contributed by atoms with van der Waals surface area (Å²) < 4.78 is 7.86. The molecule has 0 saturated carbocycles. The minimum atomic E-state index is -0.842. The first kappa shape index (κ1) is 28.3. The van der Waals surface area contributed by atoms with Crippen LogP contribution in [0.15, 0.2) is 58.0 Å². The molecule has 7 nitrogen and oxygen atoms in total. The first-order valence-electron chi connectivity index (χ1n) is 11.5. The van der Waals surface area contributed by atoms with Crippen molar-refractivity contribution in [1.29, 1.82) is 0 Å². The Labute approximate surface area is 237 Å². The molecule has 0 atom stereocenters. The van der Waals surface area contributed by atoms with Gasteiger partial charge in [0.2, 0.25) is 5.52 Å². The van der Waals surface area contributed by atoms with Crippen LogP contribution in [0.5, 0.6) is 0 Å². The van der Waals surface area contributed by atoms with Crippen molar-refractivity contribution in [2.45, 2.75) is 37.6 Å². The van der Waals surface area contributed by atoms with Crippen molar-refractivity contribution >= 4 is 86.3 Å². The van der Waals surface area contributed by atoms with Crippen LogP contribution in [0, 0.1) is 0 Å². The van der Waals surface area contributed by atoms with E-state index in [9.17, 15) is 9.90 Å². The van der Waals surface area contributed by atoms with Crippen molar-refractivity contribution < 1.29 is 29.1 Å². The number of aliphatic carboxylic acids is 1. The summed E-state index contributed by atoms with van der Waals surface area (Å²) in [6, 6.07) is 11.6. The van der Waals surface area contributed by atoms with E-state index in [1.54, 1.807) is 23.1 Å². The SMILES string of the molecule is CCC(/C=C1\Sc2ccc(Cl)cc2N1CCC(=O)O)=C\c1sc2ccc(Cl)cc2[n+]1CCCSOOO. The van der Waals surface area contributed by atoms with E-state index in [4.69, 9.17) is 28.5 Å². The Hall–Kier alpha value is -1.76. The molecule has 1 aliphatic rings. The summed E-state index contributed by atoms with van der Waals surface area (Å²) in [6.45, 7) is 3.19. The fourth-order valence-corrected chi connectivity index (χ4v) is 6.91. The average Bonchev–Trinajstić information content (AvgIpc) is 3.38. The van der Waals surface area contributed by atoms with Crippen LogP contribution in [0.1, 0.15) is 31.2 Å². The quantitative estimate of drug-likeness (QED) is 0.0721. The van der Waals surface area contributed by atoms with E-state index in [1.165, 1.54) is 0 Å².